The molecule has 0 radical (unpaired) electrons. The average Bonchev–Trinajstić information content (AvgIpc) is 3.44. The van der Waals surface area contributed by atoms with Crippen molar-refractivity contribution >= 4 is 17.1 Å². The minimum atomic E-state index is -0.0266. The normalized spacial score (nSPS) is 23.5. The van der Waals surface area contributed by atoms with Crippen LogP contribution in [0, 0.1) is 0 Å². The lowest BCUT2D eigenvalue weighted by atomic mass is 9.82. The fraction of sp³-hybridized carbons (Fsp3) is 0.512. The van der Waals surface area contributed by atoms with Gasteiger partial charge in [-0.1, -0.05) is 90.1 Å². The highest BCUT2D eigenvalue weighted by Crippen LogP contribution is 2.49. The number of hydrogen-bond acceptors (Lipinski definition) is 4. The van der Waals surface area contributed by atoms with E-state index in [2.05, 4.69) is 134 Å². The van der Waals surface area contributed by atoms with Gasteiger partial charge < -0.3 is 39.5 Å². The monoisotopic (exact) mass is 773 g/mol. The van der Waals surface area contributed by atoms with Gasteiger partial charge in [0.2, 0.25) is 5.71 Å². The van der Waals surface area contributed by atoms with E-state index in [1.54, 1.807) is 0 Å². The van der Waals surface area contributed by atoms with Crippen LogP contribution in [-0.4, -0.2) is 67.5 Å². The lowest BCUT2D eigenvalue weighted by Gasteiger charge is -2.29. The van der Waals surface area contributed by atoms with Crippen molar-refractivity contribution in [3.8, 4) is 0 Å². The third-order valence-corrected chi connectivity index (χ3v) is 11.2. The number of nitrogens with zero attached hydrogens (tertiary/aromatic N) is 4. The zero-order valence-corrected chi connectivity index (χ0v) is 33.2. The molecule has 0 spiro atoms. The summed E-state index contributed by atoms with van der Waals surface area (Å²) in [6.07, 6.45) is 16.7. The van der Waals surface area contributed by atoms with Gasteiger partial charge in [0.15, 0.2) is 13.1 Å². The van der Waals surface area contributed by atoms with Gasteiger partial charge in [-0.05, 0) is 87.0 Å². The van der Waals surface area contributed by atoms with Crippen molar-refractivity contribution in [2.45, 2.75) is 90.9 Å². The van der Waals surface area contributed by atoms with Crippen LogP contribution in [0.25, 0.3) is 0 Å². The maximum atomic E-state index is 5.87. The molecular formula is C43H60IN5. The van der Waals surface area contributed by atoms with E-state index < -0.39 is 0 Å². The third kappa shape index (κ3) is 7.38. The summed E-state index contributed by atoms with van der Waals surface area (Å²) in [5.74, 6) is 0. The summed E-state index contributed by atoms with van der Waals surface area (Å²) >= 11 is 0. The standard InChI is InChI=1S/C43H60N5.HI/c1-7-26-47-37-19-11-9-17-35(37)42(3,4)39(47)23-21-33-15-13-16-34(41(33)46-31-29-45(30-32-46)28-14-25-44)22-24-40-43(5,6)36-18-10-12-20-38(36)48(40)27-8-2;/h9-12,17-24H,7-8,13-16,25-32,44H2,1-6H3;1H/q+1;/p-1. The van der Waals surface area contributed by atoms with E-state index in [0.29, 0.717) is 0 Å². The Morgan fingerprint density at radius 1 is 0.694 bits per heavy atom. The number of benzene rings is 2. The fourth-order valence-corrected chi connectivity index (χ4v) is 8.72. The minimum absolute atomic E-state index is 0. The van der Waals surface area contributed by atoms with E-state index in [4.69, 9.17) is 5.73 Å². The number of fused-ring (bicyclic) bond motifs is 2. The van der Waals surface area contributed by atoms with Gasteiger partial charge >= 0.3 is 0 Å². The predicted molar refractivity (Wildman–Crippen MR) is 206 cm³/mol. The van der Waals surface area contributed by atoms with Crippen LogP contribution in [0.3, 0.4) is 0 Å². The van der Waals surface area contributed by atoms with Gasteiger partial charge in [-0.15, -0.1) is 0 Å². The van der Waals surface area contributed by atoms with Crippen LogP contribution in [0.5, 0.6) is 0 Å². The first-order chi connectivity index (χ1) is 23.2. The molecule has 0 bridgehead atoms. The number of hydrogen-bond donors (Lipinski definition) is 1. The first kappa shape index (κ1) is 37.6. The first-order valence-electron chi connectivity index (χ1n) is 18.8. The van der Waals surface area contributed by atoms with Crippen molar-refractivity contribution < 1.29 is 28.6 Å². The third-order valence-electron chi connectivity index (χ3n) is 11.2. The molecule has 0 aromatic heterocycles. The molecule has 0 atom stereocenters. The predicted octanol–water partition coefficient (Wildman–Crippen LogP) is 5.33. The van der Waals surface area contributed by atoms with Gasteiger partial charge in [0, 0.05) is 57.8 Å². The Bertz CT molecular complexity index is 1530. The molecule has 2 aromatic rings. The second-order valence-electron chi connectivity index (χ2n) is 15.2. The van der Waals surface area contributed by atoms with Crippen molar-refractivity contribution in [2.24, 2.45) is 5.73 Å². The molecule has 6 rings (SSSR count). The number of allylic oxidation sites excluding steroid dienone is 8. The maximum Gasteiger partial charge on any atom is 0.206 e. The molecule has 3 heterocycles. The average molecular weight is 774 g/mol. The van der Waals surface area contributed by atoms with Crippen LogP contribution in [0.4, 0.5) is 11.4 Å². The zero-order chi connectivity index (χ0) is 33.9. The summed E-state index contributed by atoms with van der Waals surface area (Å²) in [4.78, 5) is 7.76. The van der Waals surface area contributed by atoms with Crippen LogP contribution in [0.15, 0.2) is 95.4 Å². The smallest absolute Gasteiger partial charge is 0.206 e. The van der Waals surface area contributed by atoms with E-state index in [-0.39, 0.29) is 34.8 Å². The van der Waals surface area contributed by atoms with Gasteiger partial charge in [-0.25, -0.2) is 4.58 Å². The van der Waals surface area contributed by atoms with Gasteiger partial charge in [-0.2, -0.15) is 0 Å². The molecule has 1 aliphatic carbocycles. The number of nitrogens with two attached hydrogens (primary N) is 1. The fourth-order valence-electron chi connectivity index (χ4n) is 8.72. The Balaban J connectivity index is 0.00000468. The van der Waals surface area contributed by atoms with Gasteiger partial charge in [0.05, 0.1) is 13.1 Å². The summed E-state index contributed by atoms with van der Waals surface area (Å²) in [6.45, 7) is 22.5. The highest BCUT2D eigenvalue weighted by atomic mass is 127. The molecule has 6 heteroatoms. The number of rotatable bonds is 9. The molecular weight excluding hydrogens is 713 g/mol. The first-order valence-corrected chi connectivity index (χ1v) is 18.8. The van der Waals surface area contributed by atoms with Crippen LogP contribution < -0.4 is 39.5 Å². The lowest BCUT2D eigenvalue weighted by molar-refractivity contribution is -0.539. The summed E-state index contributed by atoms with van der Waals surface area (Å²) in [5.41, 5.74) is 18.8. The Hall–Kier alpha value is -2.68. The molecule has 264 valence electrons. The van der Waals surface area contributed by atoms with Gasteiger partial charge in [-0.3, -0.25) is 4.90 Å². The molecule has 4 aliphatic rings. The number of halogens is 1. The highest BCUT2D eigenvalue weighted by molar-refractivity contribution is 6.10. The van der Waals surface area contributed by atoms with E-state index >= 15 is 0 Å². The van der Waals surface area contributed by atoms with Crippen LogP contribution in [0.2, 0.25) is 0 Å². The van der Waals surface area contributed by atoms with Gasteiger partial charge in [0.1, 0.15) is 0 Å². The number of piperazine rings is 1. The summed E-state index contributed by atoms with van der Waals surface area (Å²) in [6, 6.07) is 18.0. The van der Waals surface area contributed by atoms with E-state index in [9.17, 15) is 0 Å². The molecule has 3 aliphatic heterocycles. The second-order valence-corrected chi connectivity index (χ2v) is 15.2. The minimum Gasteiger partial charge on any atom is -1.00 e. The number of para-hydroxylation sites is 2. The molecule has 2 aromatic carbocycles. The summed E-state index contributed by atoms with van der Waals surface area (Å²) in [5, 5.41) is 0. The van der Waals surface area contributed by atoms with Gasteiger partial charge in [0.25, 0.3) is 0 Å². The Labute approximate surface area is 314 Å². The zero-order valence-electron chi connectivity index (χ0n) is 31.1. The van der Waals surface area contributed by atoms with Crippen LogP contribution >= 0.6 is 0 Å². The Morgan fingerprint density at radius 2 is 1.16 bits per heavy atom. The van der Waals surface area contributed by atoms with Crippen LogP contribution in [0.1, 0.15) is 91.2 Å². The SMILES string of the molecule is CCCN1C(=CC=C2CCC/C(=C\C=C3\N(CCC)c4ccccc4C3(C)C)C2=[N+]2CCN(CCCN)CC2)C(C)(C)c2ccccc21.[I-]. The lowest BCUT2D eigenvalue weighted by Crippen LogP contribution is -3.00. The highest BCUT2D eigenvalue weighted by Gasteiger charge is 2.41. The Morgan fingerprint density at radius 3 is 1.61 bits per heavy atom. The summed E-state index contributed by atoms with van der Waals surface area (Å²) < 4.78 is 2.71. The molecule has 0 amide bonds. The molecule has 2 fully saturated rings. The van der Waals surface area contributed by atoms with Crippen molar-refractivity contribution in [3.63, 3.8) is 0 Å². The maximum absolute atomic E-state index is 5.87. The topological polar surface area (TPSA) is 38.8 Å². The largest absolute Gasteiger partial charge is 1.00 e. The molecule has 0 unspecified atom stereocenters. The molecule has 49 heavy (non-hydrogen) atoms. The molecule has 1 saturated carbocycles. The molecule has 2 N–H and O–H groups in total. The van der Waals surface area contributed by atoms with Crippen molar-refractivity contribution in [1.29, 1.82) is 0 Å². The summed E-state index contributed by atoms with van der Waals surface area (Å²) in [7, 11) is 0. The quantitative estimate of drug-likeness (QED) is 0.277. The van der Waals surface area contributed by atoms with Crippen molar-refractivity contribution in [2.75, 3.05) is 62.2 Å². The van der Waals surface area contributed by atoms with Crippen molar-refractivity contribution in [3.05, 3.63) is 107 Å². The van der Waals surface area contributed by atoms with E-state index in [0.717, 1.165) is 84.5 Å². The van der Waals surface area contributed by atoms with E-state index in [1.165, 1.54) is 57.2 Å². The van der Waals surface area contributed by atoms with Crippen molar-refractivity contribution in [1.82, 2.24) is 4.90 Å². The second kappa shape index (κ2) is 16.1. The number of anilines is 2. The van der Waals surface area contributed by atoms with Crippen LogP contribution in [-0.2, 0) is 10.8 Å². The molecule has 5 nitrogen and oxygen atoms in total. The Kier molecular flexibility index (Phi) is 12.4. The molecule has 1 saturated heterocycles. The van der Waals surface area contributed by atoms with E-state index in [1.807, 2.05) is 0 Å².